The summed E-state index contributed by atoms with van der Waals surface area (Å²) in [5, 5.41) is 0. The highest BCUT2D eigenvalue weighted by Crippen LogP contribution is 2.32. The second kappa shape index (κ2) is 6.56. The number of halogens is 3. The molecule has 0 saturated carbocycles. The molecule has 1 rings (SSSR count). The lowest BCUT2D eigenvalue weighted by molar-refractivity contribution is -0.197. The summed E-state index contributed by atoms with van der Waals surface area (Å²) in [6.45, 7) is 2.77. The number of alkyl halides is 3. The molecule has 7 heteroatoms. The van der Waals surface area contributed by atoms with Crippen molar-refractivity contribution in [2.75, 3.05) is 20.3 Å². The third-order valence-electron chi connectivity index (χ3n) is 3.15. The summed E-state index contributed by atoms with van der Waals surface area (Å²) in [6, 6.07) is 0. The predicted octanol–water partition coefficient (Wildman–Crippen LogP) is 2.66. The van der Waals surface area contributed by atoms with Gasteiger partial charge in [0.05, 0.1) is 20.3 Å². The molecule has 4 nitrogen and oxygen atoms in total. The van der Waals surface area contributed by atoms with Crippen LogP contribution >= 0.6 is 0 Å². The van der Waals surface area contributed by atoms with Gasteiger partial charge in [-0.05, 0) is 19.8 Å². The van der Waals surface area contributed by atoms with E-state index in [9.17, 15) is 18.0 Å². The molecule has 0 spiro atoms. The monoisotopic (exact) mass is 284 g/mol. The number of hydrogen-bond acceptors (Lipinski definition) is 4. The zero-order chi connectivity index (χ0) is 14.5. The Hall–Kier alpha value is -0.820. The summed E-state index contributed by atoms with van der Waals surface area (Å²) in [5.41, 5.74) is 0. The van der Waals surface area contributed by atoms with E-state index in [0.717, 1.165) is 7.11 Å². The Morgan fingerprint density at radius 1 is 1.32 bits per heavy atom. The van der Waals surface area contributed by atoms with Gasteiger partial charge in [0.15, 0.2) is 11.7 Å². The van der Waals surface area contributed by atoms with Crippen molar-refractivity contribution in [2.24, 2.45) is 5.92 Å². The van der Waals surface area contributed by atoms with Crippen LogP contribution < -0.4 is 0 Å². The van der Waals surface area contributed by atoms with E-state index in [2.05, 4.69) is 4.74 Å². The Morgan fingerprint density at radius 2 is 1.89 bits per heavy atom. The average molecular weight is 284 g/mol. The largest absolute Gasteiger partial charge is 0.469 e. The van der Waals surface area contributed by atoms with Crippen LogP contribution in [0.2, 0.25) is 0 Å². The first-order chi connectivity index (χ1) is 8.78. The molecule has 1 aliphatic rings. The summed E-state index contributed by atoms with van der Waals surface area (Å²) in [7, 11) is 0.961. The van der Waals surface area contributed by atoms with E-state index in [-0.39, 0.29) is 12.8 Å². The highest BCUT2D eigenvalue weighted by Gasteiger charge is 2.45. The maximum absolute atomic E-state index is 12.6. The van der Waals surface area contributed by atoms with Gasteiger partial charge in [-0.3, -0.25) is 4.79 Å². The number of carbonyl (C=O) groups excluding carboxylic acids is 1. The number of methoxy groups -OCH3 is 1. The Labute approximate surface area is 110 Å². The smallest absolute Gasteiger partial charge is 0.402 e. The number of unbranched alkanes of at least 4 members (excludes halogenated alkanes) is 1. The predicted molar refractivity (Wildman–Crippen MR) is 60.3 cm³/mol. The molecule has 0 amide bonds. The molecule has 0 aromatic carbocycles. The van der Waals surface area contributed by atoms with E-state index in [1.165, 1.54) is 0 Å². The second-order valence-corrected chi connectivity index (χ2v) is 4.69. The molecule has 0 aromatic heterocycles. The van der Waals surface area contributed by atoms with Gasteiger partial charge in [0.1, 0.15) is 0 Å². The minimum Gasteiger partial charge on any atom is -0.469 e. The molecule has 112 valence electrons. The lowest BCUT2D eigenvalue weighted by Gasteiger charge is -2.22. The molecule has 1 aliphatic heterocycles. The number of hydrogen-bond donors (Lipinski definition) is 0. The molecule has 0 N–H and O–H groups in total. The van der Waals surface area contributed by atoms with Gasteiger partial charge >= 0.3 is 12.1 Å². The quantitative estimate of drug-likeness (QED) is 0.555. The molecule has 1 unspecified atom stereocenters. The van der Waals surface area contributed by atoms with E-state index in [4.69, 9.17) is 9.47 Å². The van der Waals surface area contributed by atoms with Gasteiger partial charge in [-0.2, -0.15) is 13.2 Å². The molecule has 19 heavy (non-hydrogen) atoms. The number of rotatable bonds is 6. The van der Waals surface area contributed by atoms with E-state index < -0.39 is 23.9 Å². The van der Waals surface area contributed by atoms with Crippen LogP contribution in [0, 0.1) is 5.92 Å². The minimum atomic E-state index is -4.56. The lowest BCUT2D eigenvalue weighted by atomic mass is 9.99. The maximum Gasteiger partial charge on any atom is 0.402 e. The highest BCUT2D eigenvalue weighted by atomic mass is 19.4. The molecule has 0 radical (unpaired) electrons. The van der Waals surface area contributed by atoms with Gasteiger partial charge in [0.25, 0.3) is 0 Å². The number of ether oxygens (including phenoxy) is 3. The summed E-state index contributed by atoms with van der Waals surface area (Å²) in [6.07, 6.45) is -3.55. The van der Waals surface area contributed by atoms with Crippen LogP contribution in [-0.4, -0.2) is 38.3 Å². The SMILES string of the molecule is COC(=O)C(CCCCC1(C)OCCO1)C(F)(F)F. The molecule has 1 fully saturated rings. The van der Waals surface area contributed by atoms with Crippen molar-refractivity contribution >= 4 is 5.97 Å². The standard InChI is InChI=1S/C12H19F3O4/c1-11(18-7-8-19-11)6-4-3-5-9(10(16)17-2)12(13,14)15/h9H,3-8H2,1-2H3. The van der Waals surface area contributed by atoms with Crippen molar-refractivity contribution in [3.05, 3.63) is 0 Å². The Balaban J connectivity index is 2.34. The summed E-state index contributed by atoms with van der Waals surface area (Å²) >= 11 is 0. The van der Waals surface area contributed by atoms with Crippen LogP contribution in [0.3, 0.4) is 0 Å². The van der Waals surface area contributed by atoms with Crippen LogP contribution in [0.1, 0.15) is 32.6 Å². The molecule has 1 saturated heterocycles. The van der Waals surface area contributed by atoms with Gasteiger partial charge in [-0.25, -0.2) is 0 Å². The number of carbonyl (C=O) groups is 1. The maximum atomic E-state index is 12.6. The molecule has 1 heterocycles. The van der Waals surface area contributed by atoms with Crippen LogP contribution in [0.4, 0.5) is 13.2 Å². The van der Waals surface area contributed by atoms with Gasteiger partial charge in [0, 0.05) is 6.42 Å². The fourth-order valence-electron chi connectivity index (χ4n) is 2.05. The van der Waals surface area contributed by atoms with Crippen molar-refractivity contribution in [1.82, 2.24) is 0 Å². The summed E-state index contributed by atoms with van der Waals surface area (Å²) in [4.78, 5) is 11.1. The van der Waals surface area contributed by atoms with Gasteiger partial charge in [-0.1, -0.05) is 6.42 Å². The molecule has 1 atom stereocenters. The zero-order valence-electron chi connectivity index (χ0n) is 11.1. The molecular weight excluding hydrogens is 265 g/mol. The normalized spacial score (nSPS) is 20.3. The first kappa shape index (κ1) is 16.2. The zero-order valence-corrected chi connectivity index (χ0v) is 11.1. The van der Waals surface area contributed by atoms with Crippen molar-refractivity contribution in [1.29, 1.82) is 0 Å². The van der Waals surface area contributed by atoms with E-state index >= 15 is 0 Å². The Bertz CT molecular complexity index is 298. The fraction of sp³-hybridized carbons (Fsp3) is 0.917. The number of esters is 1. The summed E-state index contributed by atoms with van der Waals surface area (Å²) < 4.78 is 52.7. The molecule has 0 aliphatic carbocycles. The average Bonchev–Trinajstić information content (AvgIpc) is 2.74. The highest BCUT2D eigenvalue weighted by molar-refractivity contribution is 5.73. The summed E-state index contributed by atoms with van der Waals surface area (Å²) in [5.74, 6) is -3.97. The van der Waals surface area contributed by atoms with Crippen molar-refractivity contribution in [3.63, 3.8) is 0 Å². The molecule has 0 bridgehead atoms. The first-order valence-corrected chi connectivity index (χ1v) is 6.21. The first-order valence-electron chi connectivity index (χ1n) is 6.21. The van der Waals surface area contributed by atoms with Gasteiger partial charge in [0.2, 0.25) is 0 Å². The third kappa shape index (κ3) is 4.99. The van der Waals surface area contributed by atoms with Crippen molar-refractivity contribution < 1.29 is 32.2 Å². The van der Waals surface area contributed by atoms with Crippen LogP contribution in [0.25, 0.3) is 0 Å². The van der Waals surface area contributed by atoms with E-state index in [1.807, 2.05) is 0 Å². The van der Waals surface area contributed by atoms with E-state index in [1.54, 1.807) is 6.92 Å². The van der Waals surface area contributed by atoms with Crippen molar-refractivity contribution in [2.45, 2.75) is 44.6 Å². The van der Waals surface area contributed by atoms with Gasteiger partial charge in [-0.15, -0.1) is 0 Å². The third-order valence-corrected chi connectivity index (χ3v) is 3.15. The van der Waals surface area contributed by atoms with Crippen LogP contribution in [-0.2, 0) is 19.0 Å². The Kier molecular flexibility index (Phi) is 5.61. The van der Waals surface area contributed by atoms with E-state index in [0.29, 0.717) is 26.1 Å². The van der Waals surface area contributed by atoms with Crippen molar-refractivity contribution in [3.8, 4) is 0 Å². The molecule has 0 aromatic rings. The van der Waals surface area contributed by atoms with Crippen LogP contribution in [0.5, 0.6) is 0 Å². The Morgan fingerprint density at radius 3 is 2.37 bits per heavy atom. The van der Waals surface area contributed by atoms with Gasteiger partial charge < -0.3 is 14.2 Å². The topological polar surface area (TPSA) is 44.8 Å². The fourth-order valence-corrected chi connectivity index (χ4v) is 2.05. The minimum absolute atomic E-state index is 0.265. The second-order valence-electron chi connectivity index (χ2n) is 4.69. The molecular formula is C12H19F3O4. The lowest BCUT2D eigenvalue weighted by Crippen LogP contribution is -2.32. The van der Waals surface area contributed by atoms with Crippen LogP contribution in [0.15, 0.2) is 0 Å².